The molecule has 0 fully saturated rings. The van der Waals surface area contributed by atoms with Crippen LogP contribution in [0.15, 0.2) is 23.8 Å². The molecule has 2 heterocycles. The van der Waals surface area contributed by atoms with Gasteiger partial charge in [-0.15, -0.1) is 11.3 Å². The molecule has 0 saturated heterocycles. The quantitative estimate of drug-likeness (QED) is 0.743. The molecule has 0 atom stereocenters. The van der Waals surface area contributed by atoms with Crippen LogP contribution >= 0.6 is 11.3 Å². The summed E-state index contributed by atoms with van der Waals surface area (Å²) in [5.41, 5.74) is 2.28. The largest absolute Gasteiger partial charge is 0.345 e. The molecule has 12 heavy (non-hydrogen) atoms. The van der Waals surface area contributed by atoms with Crippen molar-refractivity contribution < 1.29 is 0 Å². The van der Waals surface area contributed by atoms with E-state index in [-0.39, 0.29) is 0 Å². The number of hydrogen-bond donors (Lipinski definition) is 2. The smallest absolute Gasteiger partial charge is 0.0930 e. The number of aromatic amines is 1. The Morgan fingerprint density at radius 3 is 3.08 bits per heavy atom. The zero-order valence-corrected chi connectivity index (χ0v) is 7.48. The minimum atomic E-state index is 0.997. The fourth-order valence-electron chi connectivity index (χ4n) is 0.958. The summed E-state index contributed by atoms with van der Waals surface area (Å²) in [7, 11) is 0. The predicted molar refractivity (Wildman–Crippen MR) is 50.9 cm³/mol. The van der Waals surface area contributed by atoms with E-state index < -0.39 is 0 Å². The zero-order valence-electron chi connectivity index (χ0n) is 6.66. The molecule has 0 aliphatic carbocycles. The van der Waals surface area contributed by atoms with Crippen molar-refractivity contribution in [2.45, 2.75) is 6.92 Å². The van der Waals surface area contributed by atoms with Crippen molar-refractivity contribution in [3.8, 4) is 0 Å². The van der Waals surface area contributed by atoms with Crippen LogP contribution in [-0.2, 0) is 0 Å². The molecule has 0 radical (unpaired) electrons. The van der Waals surface area contributed by atoms with E-state index in [2.05, 4.69) is 33.9 Å². The van der Waals surface area contributed by atoms with Gasteiger partial charge in [-0.2, -0.15) is 5.10 Å². The second kappa shape index (κ2) is 2.98. The highest BCUT2D eigenvalue weighted by Gasteiger charge is 1.96. The van der Waals surface area contributed by atoms with Crippen molar-refractivity contribution in [2.24, 2.45) is 0 Å². The van der Waals surface area contributed by atoms with E-state index in [4.69, 9.17) is 0 Å². The van der Waals surface area contributed by atoms with Crippen molar-refractivity contribution in [2.75, 3.05) is 5.32 Å². The van der Waals surface area contributed by atoms with Gasteiger partial charge in [-0.1, -0.05) is 0 Å². The van der Waals surface area contributed by atoms with E-state index >= 15 is 0 Å². The first-order valence-electron chi connectivity index (χ1n) is 3.65. The third kappa shape index (κ3) is 1.48. The Kier molecular flexibility index (Phi) is 1.83. The highest BCUT2D eigenvalue weighted by molar-refractivity contribution is 7.14. The van der Waals surface area contributed by atoms with E-state index in [1.807, 2.05) is 6.20 Å². The van der Waals surface area contributed by atoms with Crippen molar-refractivity contribution in [3.63, 3.8) is 0 Å². The van der Waals surface area contributed by atoms with Crippen LogP contribution in [-0.4, -0.2) is 10.2 Å². The van der Waals surface area contributed by atoms with Crippen LogP contribution in [0, 0.1) is 6.92 Å². The molecule has 2 N–H and O–H groups in total. The predicted octanol–water partition coefficient (Wildman–Crippen LogP) is 2.52. The summed E-state index contributed by atoms with van der Waals surface area (Å²) in [5.74, 6) is 0. The second-order valence-corrected chi connectivity index (χ2v) is 3.51. The van der Waals surface area contributed by atoms with Crippen LogP contribution in [0.3, 0.4) is 0 Å². The third-order valence-corrected chi connectivity index (χ3v) is 2.46. The molecule has 0 amide bonds. The molecule has 0 aromatic carbocycles. The van der Waals surface area contributed by atoms with Crippen LogP contribution in [0.2, 0.25) is 0 Å². The number of aryl methyl sites for hydroxylation is 1. The number of rotatable bonds is 2. The molecule has 0 spiro atoms. The van der Waals surface area contributed by atoms with Gasteiger partial charge in [0.2, 0.25) is 0 Å². The Balaban J connectivity index is 2.14. The SMILES string of the molecule is Cc1csc(Nc2cn[nH]c2)c1. The first-order chi connectivity index (χ1) is 5.84. The minimum Gasteiger partial charge on any atom is -0.345 e. The lowest BCUT2D eigenvalue weighted by Crippen LogP contribution is -1.82. The topological polar surface area (TPSA) is 40.7 Å². The Morgan fingerprint density at radius 1 is 1.58 bits per heavy atom. The molecule has 2 aromatic heterocycles. The highest BCUT2D eigenvalue weighted by atomic mass is 32.1. The summed E-state index contributed by atoms with van der Waals surface area (Å²) < 4.78 is 0. The van der Waals surface area contributed by atoms with Crippen molar-refractivity contribution in [3.05, 3.63) is 29.4 Å². The van der Waals surface area contributed by atoms with Gasteiger partial charge >= 0.3 is 0 Å². The van der Waals surface area contributed by atoms with Gasteiger partial charge in [0.15, 0.2) is 0 Å². The fraction of sp³-hybridized carbons (Fsp3) is 0.125. The number of aromatic nitrogens is 2. The molecule has 0 aliphatic heterocycles. The Labute approximate surface area is 74.4 Å². The maximum Gasteiger partial charge on any atom is 0.0930 e. The number of nitrogens with one attached hydrogen (secondary N) is 2. The van der Waals surface area contributed by atoms with Crippen LogP contribution in [0.1, 0.15) is 5.56 Å². The molecule has 0 aliphatic rings. The van der Waals surface area contributed by atoms with Crippen molar-refractivity contribution in [1.29, 1.82) is 0 Å². The van der Waals surface area contributed by atoms with E-state index in [9.17, 15) is 0 Å². The van der Waals surface area contributed by atoms with Crippen LogP contribution in [0.25, 0.3) is 0 Å². The minimum absolute atomic E-state index is 0.997. The van der Waals surface area contributed by atoms with Crippen LogP contribution in [0.4, 0.5) is 10.7 Å². The molecular formula is C8H9N3S. The van der Waals surface area contributed by atoms with Crippen molar-refractivity contribution >= 4 is 22.0 Å². The first kappa shape index (κ1) is 7.36. The van der Waals surface area contributed by atoms with E-state index in [0.29, 0.717) is 0 Å². The molecule has 3 nitrogen and oxygen atoms in total. The number of thiophene rings is 1. The third-order valence-electron chi connectivity index (χ3n) is 1.50. The summed E-state index contributed by atoms with van der Waals surface area (Å²) in [6.07, 6.45) is 3.59. The molecular weight excluding hydrogens is 170 g/mol. The van der Waals surface area contributed by atoms with E-state index in [1.165, 1.54) is 5.56 Å². The Bertz CT molecular complexity index is 350. The van der Waals surface area contributed by atoms with Gasteiger partial charge < -0.3 is 5.32 Å². The molecule has 2 rings (SSSR count). The lowest BCUT2D eigenvalue weighted by atomic mass is 10.4. The van der Waals surface area contributed by atoms with Gasteiger partial charge in [-0.25, -0.2) is 0 Å². The summed E-state index contributed by atoms with van der Waals surface area (Å²) in [5, 5.41) is 13.1. The lowest BCUT2D eigenvalue weighted by Gasteiger charge is -1.95. The molecule has 0 saturated carbocycles. The van der Waals surface area contributed by atoms with Gasteiger partial charge in [0.1, 0.15) is 0 Å². The summed E-state index contributed by atoms with van der Waals surface area (Å²) in [6, 6.07) is 2.11. The molecule has 0 unspecified atom stereocenters. The lowest BCUT2D eigenvalue weighted by molar-refractivity contribution is 1.09. The average Bonchev–Trinajstić information content (AvgIpc) is 2.63. The van der Waals surface area contributed by atoms with Crippen LogP contribution in [0.5, 0.6) is 0 Å². The maximum atomic E-state index is 3.84. The highest BCUT2D eigenvalue weighted by Crippen LogP contribution is 2.22. The van der Waals surface area contributed by atoms with Gasteiger partial charge in [0.25, 0.3) is 0 Å². The zero-order chi connectivity index (χ0) is 8.39. The van der Waals surface area contributed by atoms with Crippen LogP contribution < -0.4 is 5.32 Å². The Hall–Kier alpha value is -1.29. The van der Waals surface area contributed by atoms with Gasteiger partial charge in [0.05, 0.1) is 16.9 Å². The van der Waals surface area contributed by atoms with E-state index in [0.717, 1.165) is 10.7 Å². The first-order valence-corrected chi connectivity index (χ1v) is 4.53. The van der Waals surface area contributed by atoms with Crippen molar-refractivity contribution in [1.82, 2.24) is 10.2 Å². The van der Waals surface area contributed by atoms with Gasteiger partial charge in [-0.05, 0) is 23.9 Å². The summed E-state index contributed by atoms with van der Waals surface area (Å²) in [6.45, 7) is 2.08. The maximum absolute atomic E-state index is 3.84. The number of nitrogens with zero attached hydrogens (tertiary/aromatic N) is 1. The number of hydrogen-bond acceptors (Lipinski definition) is 3. The van der Waals surface area contributed by atoms with E-state index in [1.54, 1.807) is 17.5 Å². The molecule has 0 bridgehead atoms. The molecule has 4 heteroatoms. The monoisotopic (exact) mass is 179 g/mol. The average molecular weight is 179 g/mol. The molecule has 62 valence electrons. The molecule has 2 aromatic rings. The van der Waals surface area contributed by atoms with Gasteiger partial charge in [0, 0.05) is 6.20 Å². The normalized spacial score (nSPS) is 10.1. The summed E-state index contributed by atoms with van der Waals surface area (Å²) in [4.78, 5) is 0. The Morgan fingerprint density at radius 2 is 2.50 bits per heavy atom. The number of H-pyrrole nitrogens is 1. The summed E-state index contributed by atoms with van der Waals surface area (Å²) >= 11 is 1.69. The van der Waals surface area contributed by atoms with Gasteiger partial charge in [-0.3, -0.25) is 5.10 Å². The second-order valence-electron chi connectivity index (χ2n) is 2.60. The number of anilines is 2. The fourth-order valence-corrected chi connectivity index (χ4v) is 1.77. The standard InChI is InChI=1S/C8H9N3S/c1-6-2-8(12-5-6)11-7-3-9-10-4-7/h2-5,11H,1H3,(H,9,10).